The van der Waals surface area contributed by atoms with E-state index in [4.69, 9.17) is 5.26 Å². The number of nitriles is 2. The molecule has 3 aromatic carbocycles. The van der Waals surface area contributed by atoms with Crippen molar-refractivity contribution in [2.45, 2.75) is 38.3 Å². The standard InChI is InChI=1S/C34H30N6O/c35-20-27-7-4-8-30(19-27)29-12-16-32(17-13-29)40(34(41)39-23-25-5-2-1-3-6-25)31-14-9-26(10-15-31)22-37-33-18-11-28(21-36)24-38-33/h1-8,11-13,16-19,22,24,31H,9-10,14-15,23H2,(H,37,38)(H,39,41). The molecule has 1 heterocycles. The second kappa shape index (κ2) is 13.1. The highest BCUT2D eigenvalue weighted by Gasteiger charge is 2.28. The van der Waals surface area contributed by atoms with Crippen molar-refractivity contribution in [1.82, 2.24) is 10.3 Å². The lowest BCUT2D eigenvalue weighted by Crippen LogP contribution is -2.47. The van der Waals surface area contributed by atoms with Crippen LogP contribution in [0.15, 0.2) is 109 Å². The van der Waals surface area contributed by atoms with Crippen LogP contribution in [0.1, 0.15) is 42.4 Å². The lowest BCUT2D eigenvalue weighted by molar-refractivity contribution is 0.242. The van der Waals surface area contributed by atoms with Crippen LogP contribution in [0.3, 0.4) is 0 Å². The number of nitrogens with one attached hydrogen (secondary N) is 2. The summed E-state index contributed by atoms with van der Waals surface area (Å²) in [5.41, 5.74) is 6.25. The van der Waals surface area contributed by atoms with Crippen molar-refractivity contribution in [2.24, 2.45) is 0 Å². The first-order valence-corrected chi connectivity index (χ1v) is 13.6. The number of benzene rings is 3. The molecule has 0 aliphatic heterocycles. The van der Waals surface area contributed by atoms with Gasteiger partial charge in [-0.3, -0.25) is 4.90 Å². The average Bonchev–Trinajstić information content (AvgIpc) is 3.04. The van der Waals surface area contributed by atoms with Gasteiger partial charge in [0.05, 0.1) is 17.2 Å². The maximum Gasteiger partial charge on any atom is 0.322 e. The van der Waals surface area contributed by atoms with Gasteiger partial charge in [-0.25, -0.2) is 9.78 Å². The van der Waals surface area contributed by atoms with Gasteiger partial charge >= 0.3 is 6.03 Å². The van der Waals surface area contributed by atoms with Crippen LogP contribution in [0.2, 0.25) is 0 Å². The molecule has 7 nitrogen and oxygen atoms in total. The fourth-order valence-corrected chi connectivity index (χ4v) is 5.03. The summed E-state index contributed by atoms with van der Waals surface area (Å²) in [6, 6.07) is 33.1. The summed E-state index contributed by atoms with van der Waals surface area (Å²) in [4.78, 5) is 19.8. The number of hydrogen-bond donors (Lipinski definition) is 2. The minimum Gasteiger partial charge on any atom is -0.347 e. The molecule has 1 aliphatic rings. The highest BCUT2D eigenvalue weighted by Crippen LogP contribution is 2.32. The monoisotopic (exact) mass is 538 g/mol. The van der Waals surface area contributed by atoms with Gasteiger partial charge in [0.1, 0.15) is 11.9 Å². The van der Waals surface area contributed by atoms with Gasteiger partial charge in [0, 0.05) is 30.7 Å². The van der Waals surface area contributed by atoms with Crippen LogP contribution < -0.4 is 15.5 Å². The molecule has 202 valence electrons. The largest absolute Gasteiger partial charge is 0.347 e. The molecule has 7 heteroatoms. The van der Waals surface area contributed by atoms with Crippen molar-refractivity contribution in [3.05, 3.63) is 126 Å². The lowest BCUT2D eigenvalue weighted by atomic mass is 9.90. The number of rotatable bonds is 7. The van der Waals surface area contributed by atoms with Crippen molar-refractivity contribution in [1.29, 1.82) is 10.5 Å². The number of aromatic nitrogens is 1. The molecule has 41 heavy (non-hydrogen) atoms. The predicted octanol–water partition coefficient (Wildman–Crippen LogP) is 7.15. The third-order valence-electron chi connectivity index (χ3n) is 7.26. The van der Waals surface area contributed by atoms with Crippen LogP contribution in [0.25, 0.3) is 11.1 Å². The van der Waals surface area contributed by atoms with Crippen molar-refractivity contribution >= 4 is 17.5 Å². The zero-order chi connectivity index (χ0) is 28.4. The Morgan fingerprint density at radius 1 is 0.878 bits per heavy atom. The van der Waals surface area contributed by atoms with Gasteiger partial charge in [0.15, 0.2) is 0 Å². The molecule has 0 unspecified atom stereocenters. The fourth-order valence-electron chi connectivity index (χ4n) is 5.03. The summed E-state index contributed by atoms with van der Waals surface area (Å²) in [5.74, 6) is 0.695. The number of allylic oxidation sites excluding steroid dienone is 1. The van der Waals surface area contributed by atoms with E-state index in [1.807, 2.05) is 83.9 Å². The SMILES string of the molecule is N#Cc1ccc(NC=C2CCC(N(C(=O)NCc3ccccc3)c3ccc(-c4cccc(C#N)c4)cc3)CC2)nc1. The van der Waals surface area contributed by atoms with E-state index in [-0.39, 0.29) is 12.1 Å². The Balaban J connectivity index is 1.31. The third kappa shape index (κ3) is 6.98. The zero-order valence-electron chi connectivity index (χ0n) is 22.6. The lowest BCUT2D eigenvalue weighted by Gasteiger charge is -2.35. The molecule has 2 N–H and O–H groups in total. The van der Waals surface area contributed by atoms with Crippen molar-refractivity contribution in [2.75, 3.05) is 10.2 Å². The number of carbonyl (C=O) groups excluding carboxylic acids is 1. The number of nitrogens with zero attached hydrogens (tertiary/aromatic N) is 4. The van der Waals surface area contributed by atoms with Gasteiger partial charge in [0.2, 0.25) is 0 Å². The average molecular weight is 539 g/mol. The van der Waals surface area contributed by atoms with Crippen LogP contribution in [0.4, 0.5) is 16.3 Å². The molecular weight excluding hydrogens is 508 g/mol. The van der Waals surface area contributed by atoms with Crippen LogP contribution >= 0.6 is 0 Å². The first kappa shape index (κ1) is 27.2. The third-order valence-corrected chi connectivity index (χ3v) is 7.26. The predicted molar refractivity (Wildman–Crippen MR) is 161 cm³/mol. The van der Waals surface area contributed by atoms with Gasteiger partial charge in [0.25, 0.3) is 0 Å². The Morgan fingerprint density at radius 3 is 2.32 bits per heavy atom. The molecule has 0 radical (unpaired) electrons. The van der Waals surface area contributed by atoms with Crippen LogP contribution in [0, 0.1) is 22.7 Å². The molecule has 1 fully saturated rings. The number of carbonyl (C=O) groups is 1. The Hall–Kier alpha value is -5.40. The van der Waals surface area contributed by atoms with E-state index in [2.05, 4.69) is 27.8 Å². The number of anilines is 2. The highest BCUT2D eigenvalue weighted by molar-refractivity contribution is 5.93. The maximum absolute atomic E-state index is 13.6. The smallest absolute Gasteiger partial charge is 0.322 e. The van der Waals surface area contributed by atoms with E-state index in [0.29, 0.717) is 23.5 Å². The molecular formula is C34H30N6O. The summed E-state index contributed by atoms with van der Waals surface area (Å²) in [6.07, 6.45) is 6.92. The van der Waals surface area contributed by atoms with Crippen molar-refractivity contribution in [3.8, 4) is 23.3 Å². The minimum atomic E-state index is -0.120. The molecule has 0 atom stereocenters. The molecule has 0 saturated heterocycles. The van der Waals surface area contributed by atoms with Crippen LogP contribution in [-0.2, 0) is 6.54 Å². The van der Waals surface area contributed by atoms with E-state index in [1.54, 1.807) is 24.4 Å². The van der Waals surface area contributed by atoms with Gasteiger partial charge in [-0.1, -0.05) is 60.2 Å². The topological polar surface area (TPSA) is 105 Å². The van der Waals surface area contributed by atoms with Gasteiger partial charge in [-0.2, -0.15) is 10.5 Å². The second-order valence-electron chi connectivity index (χ2n) is 9.98. The normalized spacial score (nSPS) is 14.3. The van der Waals surface area contributed by atoms with E-state index >= 15 is 0 Å². The van der Waals surface area contributed by atoms with Gasteiger partial charge in [-0.05, 0) is 78.8 Å². The number of hydrogen-bond acceptors (Lipinski definition) is 5. The number of pyridine rings is 1. The summed E-state index contributed by atoms with van der Waals surface area (Å²) < 4.78 is 0. The number of urea groups is 1. The van der Waals surface area contributed by atoms with Crippen LogP contribution in [-0.4, -0.2) is 17.1 Å². The molecule has 5 rings (SSSR count). The maximum atomic E-state index is 13.6. The summed E-state index contributed by atoms with van der Waals surface area (Å²) in [5, 5.41) is 24.6. The summed E-state index contributed by atoms with van der Waals surface area (Å²) in [7, 11) is 0. The molecule has 2 amide bonds. The Bertz CT molecular complexity index is 1590. The summed E-state index contributed by atoms with van der Waals surface area (Å²) >= 11 is 0. The van der Waals surface area contributed by atoms with E-state index < -0.39 is 0 Å². The first-order valence-electron chi connectivity index (χ1n) is 13.6. The van der Waals surface area contributed by atoms with Crippen LogP contribution in [0.5, 0.6) is 0 Å². The Morgan fingerprint density at radius 2 is 1.63 bits per heavy atom. The highest BCUT2D eigenvalue weighted by atomic mass is 16.2. The molecule has 1 aliphatic carbocycles. The number of amides is 2. The van der Waals surface area contributed by atoms with E-state index in [1.165, 1.54) is 5.57 Å². The first-order chi connectivity index (χ1) is 20.1. The van der Waals surface area contributed by atoms with E-state index in [0.717, 1.165) is 48.1 Å². The molecule has 4 aromatic rings. The van der Waals surface area contributed by atoms with Gasteiger partial charge < -0.3 is 10.6 Å². The Labute approximate surface area is 240 Å². The summed E-state index contributed by atoms with van der Waals surface area (Å²) in [6.45, 7) is 0.453. The molecule has 1 aromatic heterocycles. The van der Waals surface area contributed by atoms with Crippen molar-refractivity contribution in [3.63, 3.8) is 0 Å². The van der Waals surface area contributed by atoms with Crippen molar-refractivity contribution < 1.29 is 4.79 Å². The van der Waals surface area contributed by atoms with E-state index in [9.17, 15) is 10.1 Å². The second-order valence-corrected chi connectivity index (χ2v) is 9.98. The molecule has 1 saturated carbocycles. The Kier molecular flexibility index (Phi) is 8.69. The molecule has 0 bridgehead atoms. The molecule has 0 spiro atoms. The minimum absolute atomic E-state index is 0.0451. The zero-order valence-corrected chi connectivity index (χ0v) is 22.6. The quantitative estimate of drug-likeness (QED) is 0.260. The fraction of sp³-hybridized carbons (Fsp3) is 0.176. The van der Waals surface area contributed by atoms with Gasteiger partial charge in [-0.15, -0.1) is 0 Å².